The van der Waals surface area contributed by atoms with Gasteiger partial charge in [0.15, 0.2) is 5.11 Å². The second-order valence-electron chi connectivity index (χ2n) is 8.70. The molecule has 5 nitrogen and oxygen atoms in total. The average molecular weight is 480 g/mol. The Morgan fingerprint density at radius 1 is 0.943 bits per heavy atom. The third kappa shape index (κ3) is 4.40. The molecule has 1 saturated heterocycles. The van der Waals surface area contributed by atoms with Crippen LogP contribution in [0.1, 0.15) is 29.2 Å². The van der Waals surface area contributed by atoms with E-state index in [1.807, 2.05) is 54.7 Å². The normalized spacial score (nSPS) is 15.2. The molecule has 0 unspecified atom stereocenters. The molecule has 4 aromatic rings. The molecular weight excluding hydrogens is 454 g/mol. The number of para-hydroxylation sites is 1. The van der Waals surface area contributed by atoms with Gasteiger partial charge in [-0.1, -0.05) is 67.1 Å². The number of aryl methyl sites for hydroxylation is 2. The number of rotatable bonds is 5. The van der Waals surface area contributed by atoms with Crippen LogP contribution in [0.15, 0.2) is 84.6 Å². The minimum Gasteiger partial charge on any atom is -0.342 e. The van der Waals surface area contributed by atoms with Crippen molar-refractivity contribution in [3.63, 3.8) is 0 Å². The maximum absolute atomic E-state index is 13.5. The maximum atomic E-state index is 13.5. The van der Waals surface area contributed by atoms with Gasteiger partial charge in [0, 0.05) is 29.2 Å². The Labute approximate surface area is 209 Å². The van der Waals surface area contributed by atoms with Crippen molar-refractivity contribution < 1.29 is 9.59 Å². The van der Waals surface area contributed by atoms with Crippen LogP contribution in [-0.4, -0.2) is 21.5 Å². The number of nitrogens with zero attached hydrogens (tertiary/aromatic N) is 2. The first-order valence-corrected chi connectivity index (χ1v) is 12.0. The zero-order valence-corrected chi connectivity index (χ0v) is 20.4. The summed E-state index contributed by atoms with van der Waals surface area (Å²) >= 11 is 5.35. The van der Waals surface area contributed by atoms with Crippen molar-refractivity contribution in [3.05, 3.63) is 107 Å². The monoisotopic (exact) mass is 479 g/mol. The highest BCUT2D eigenvalue weighted by atomic mass is 32.1. The summed E-state index contributed by atoms with van der Waals surface area (Å²) in [6.07, 6.45) is 4.56. The van der Waals surface area contributed by atoms with E-state index >= 15 is 0 Å². The van der Waals surface area contributed by atoms with Crippen LogP contribution in [0, 0.1) is 6.92 Å². The fourth-order valence-electron chi connectivity index (χ4n) is 4.46. The van der Waals surface area contributed by atoms with Crippen LogP contribution in [0.4, 0.5) is 5.69 Å². The summed E-state index contributed by atoms with van der Waals surface area (Å²) in [5.74, 6) is -0.921. The molecule has 6 heteroatoms. The fraction of sp³-hybridized carbons (Fsp3) is 0.138. The fourth-order valence-corrected chi connectivity index (χ4v) is 4.74. The van der Waals surface area contributed by atoms with E-state index in [1.165, 1.54) is 16.0 Å². The molecule has 1 aliphatic heterocycles. The number of aromatic nitrogens is 1. The Bertz CT molecular complexity index is 1500. The lowest BCUT2D eigenvalue weighted by Crippen LogP contribution is -2.54. The zero-order chi connectivity index (χ0) is 24.5. The number of hydrogen-bond acceptors (Lipinski definition) is 3. The first-order chi connectivity index (χ1) is 16.9. The van der Waals surface area contributed by atoms with Crippen LogP contribution in [0.2, 0.25) is 0 Å². The van der Waals surface area contributed by atoms with Crippen LogP contribution in [0.25, 0.3) is 17.0 Å². The third-order valence-corrected chi connectivity index (χ3v) is 6.54. The number of thiocarbonyl (C=S) groups is 1. The number of benzene rings is 3. The standard InChI is InChI=1S/C29H25N3O2S/c1-3-20-11-13-23(14-12-20)32-28(34)25(27(33)30-29(32)35)16-22-18-31(26-10-5-4-9-24(22)26)17-21-8-6-7-19(2)15-21/h4-16,18H,3,17H2,1-2H3,(H,30,33,35)/b25-16+. The van der Waals surface area contributed by atoms with Crippen LogP contribution < -0.4 is 10.2 Å². The number of amides is 2. The highest BCUT2D eigenvalue weighted by molar-refractivity contribution is 7.80. The topological polar surface area (TPSA) is 54.3 Å². The maximum Gasteiger partial charge on any atom is 0.270 e. The number of anilines is 1. The zero-order valence-electron chi connectivity index (χ0n) is 19.6. The smallest absolute Gasteiger partial charge is 0.270 e. The molecule has 3 aromatic carbocycles. The quantitative estimate of drug-likeness (QED) is 0.237. The molecule has 35 heavy (non-hydrogen) atoms. The Morgan fingerprint density at radius 2 is 1.71 bits per heavy atom. The summed E-state index contributed by atoms with van der Waals surface area (Å²) < 4.78 is 2.15. The average Bonchev–Trinajstić information content (AvgIpc) is 3.19. The van der Waals surface area contributed by atoms with Crippen LogP contribution >= 0.6 is 12.2 Å². The molecule has 0 radical (unpaired) electrons. The van der Waals surface area contributed by atoms with Gasteiger partial charge in [0.1, 0.15) is 5.57 Å². The van der Waals surface area contributed by atoms with E-state index in [0.29, 0.717) is 12.2 Å². The lowest BCUT2D eigenvalue weighted by atomic mass is 10.1. The SMILES string of the molecule is CCc1ccc(N2C(=O)/C(=C/c3cn(Cc4cccc(C)c4)c4ccccc34)C(=O)NC2=S)cc1. The molecule has 2 amide bonds. The first-order valence-electron chi connectivity index (χ1n) is 11.6. The molecule has 2 heterocycles. The van der Waals surface area contributed by atoms with Crippen molar-refractivity contribution in [2.45, 2.75) is 26.8 Å². The molecule has 1 N–H and O–H groups in total. The van der Waals surface area contributed by atoms with E-state index in [9.17, 15) is 9.59 Å². The van der Waals surface area contributed by atoms with Crippen molar-refractivity contribution in [2.24, 2.45) is 0 Å². The highest BCUT2D eigenvalue weighted by Crippen LogP contribution is 2.27. The van der Waals surface area contributed by atoms with Crippen LogP contribution in [0.3, 0.4) is 0 Å². The number of carbonyl (C=O) groups is 2. The summed E-state index contributed by atoms with van der Waals surface area (Å²) in [4.78, 5) is 27.7. The Morgan fingerprint density at radius 3 is 2.46 bits per heavy atom. The molecular formula is C29H25N3O2S. The molecule has 5 rings (SSSR count). The van der Waals surface area contributed by atoms with Gasteiger partial charge in [-0.15, -0.1) is 0 Å². The minimum absolute atomic E-state index is 0.0524. The van der Waals surface area contributed by atoms with Gasteiger partial charge in [0.05, 0.1) is 5.69 Å². The van der Waals surface area contributed by atoms with Gasteiger partial charge in [-0.05, 0) is 61.0 Å². The van der Waals surface area contributed by atoms with Crippen LogP contribution in [-0.2, 0) is 22.6 Å². The summed E-state index contributed by atoms with van der Waals surface area (Å²) in [7, 11) is 0. The molecule has 0 saturated carbocycles. The molecule has 0 spiro atoms. The van der Waals surface area contributed by atoms with Crippen molar-refractivity contribution in [1.82, 2.24) is 9.88 Å². The summed E-state index contributed by atoms with van der Waals surface area (Å²) in [6, 6.07) is 24.0. The second-order valence-corrected chi connectivity index (χ2v) is 9.08. The number of hydrogen-bond donors (Lipinski definition) is 1. The van der Waals surface area contributed by atoms with E-state index < -0.39 is 11.8 Å². The molecule has 0 aliphatic carbocycles. The van der Waals surface area contributed by atoms with Gasteiger partial charge >= 0.3 is 0 Å². The molecule has 0 bridgehead atoms. The summed E-state index contributed by atoms with van der Waals surface area (Å²) in [5.41, 5.74) is 6.07. The predicted molar refractivity (Wildman–Crippen MR) is 144 cm³/mol. The first kappa shape index (κ1) is 22.7. The summed E-state index contributed by atoms with van der Waals surface area (Å²) in [5, 5.41) is 3.74. The lowest BCUT2D eigenvalue weighted by Gasteiger charge is -2.29. The molecule has 1 fully saturated rings. The Balaban J connectivity index is 1.55. The van der Waals surface area contributed by atoms with Gasteiger partial charge in [-0.3, -0.25) is 19.8 Å². The van der Waals surface area contributed by atoms with Crippen molar-refractivity contribution in [3.8, 4) is 0 Å². The highest BCUT2D eigenvalue weighted by Gasteiger charge is 2.34. The Kier molecular flexibility index (Phi) is 6.05. The molecule has 1 aromatic heterocycles. The molecule has 174 valence electrons. The molecule has 0 atom stereocenters. The van der Waals surface area contributed by atoms with E-state index in [2.05, 4.69) is 48.0 Å². The predicted octanol–water partition coefficient (Wildman–Crippen LogP) is 5.39. The van der Waals surface area contributed by atoms with E-state index in [4.69, 9.17) is 12.2 Å². The Hall–Kier alpha value is -4.03. The van der Waals surface area contributed by atoms with Gasteiger partial charge in [0.25, 0.3) is 11.8 Å². The van der Waals surface area contributed by atoms with Gasteiger partial charge in [-0.2, -0.15) is 0 Å². The van der Waals surface area contributed by atoms with Crippen molar-refractivity contribution in [2.75, 3.05) is 4.90 Å². The van der Waals surface area contributed by atoms with Gasteiger partial charge < -0.3 is 4.57 Å². The second kappa shape index (κ2) is 9.31. The third-order valence-electron chi connectivity index (χ3n) is 6.26. The van der Waals surface area contributed by atoms with E-state index in [1.54, 1.807) is 6.08 Å². The van der Waals surface area contributed by atoms with E-state index in [0.717, 1.165) is 28.5 Å². The number of nitrogens with one attached hydrogen (secondary N) is 1. The van der Waals surface area contributed by atoms with Crippen molar-refractivity contribution >= 4 is 51.8 Å². The summed E-state index contributed by atoms with van der Waals surface area (Å²) in [6.45, 7) is 4.83. The van der Waals surface area contributed by atoms with Crippen molar-refractivity contribution in [1.29, 1.82) is 0 Å². The van der Waals surface area contributed by atoms with Gasteiger partial charge in [0.2, 0.25) is 0 Å². The number of fused-ring (bicyclic) bond motifs is 1. The van der Waals surface area contributed by atoms with Gasteiger partial charge in [-0.25, -0.2) is 0 Å². The largest absolute Gasteiger partial charge is 0.342 e. The van der Waals surface area contributed by atoms with Crippen LogP contribution in [0.5, 0.6) is 0 Å². The number of carbonyl (C=O) groups excluding carboxylic acids is 2. The minimum atomic E-state index is -0.489. The molecule has 1 aliphatic rings. The van der Waals surface area contributed by atoms with E-state index in [-0.39, 0.29) is 10.7 Å². The lowest BCUT2D eigenvalue weighted by molar-refractivity contribution is -0.122.